The van der Waals surface area contributed by atoms with Gasteiger partial charge in [-0.05, 0) is 36.4 Å². The van der Waals surface area contributed by atoms with E-state index in [-0.39, 0.29) is 22.4 Å². The first-order valence-electron chi connectivity index (χ1n) is 8.08. The van der Waals surface area contributed by atoms with Crippen LogP contribution >= 0.6 is 11.3 Å². The van der Waals surface area contributed by atoms with E-state index >= 15 is 0 Å². The normalized spacial score (nSPS) is 11.0. The van der Waals surface area contributed by atoms with E-state index in [1.807, 2.05) is 0 Å². The number of anilines is 2. The van der Waals surface area contributed by atoms with Gasteiger partial charge in [-0.25, -0.2) is 13.8 Å². The Morgan fingerprint density at radius 3 is 2.64 bits per heavy atom. The third kappa shape index (κ3) is 4.29. The molecule has 0 saturated carbocycles. The summed E-state index contributed by atoms with van der Waals surface area (Å²) in [5, 5.41) is 11.2. The minimum Gasteiger partial charge on any atom is -0.508 e. The van der Waals surface area contributed by atoms with Crippen molar-refractivity contribution in [1.29, 1.82) is 0 Å². The van der Waals surface area contributed by atoms with E-state index in [2.05, 4.69) is 4.98 Å². The molecule has 0 atom stereocenters. The van der Waals surface area contributed by atoms with E-state index in [4.69, 9.17) is 0 Å². The molecule has 3 aromatic rings. The summed E-state index contributed by atoms with van der Waals surface area (Å²) in [7, 11) is 0. The fourth-order valence-corrected chi connectivity index (χ4v) is 3.29. The molecule has 0 bridgehead atoms. The fourth-order valence-electron chi connectivity index (χ4n) is 2.44. The number of ketones is 1. The number of nitrogens with zero attached hydrogens (tertiary/aromatic N) is 2. The van der Waals surface area contributed by atoms with Gasteiger partial charge in [-0.15, -0.1) is 11.3 Å². The minimum absolute atomic E-state index is 0.0198. The van der Waals surface area contributed by atoms with Crippen LogP contribution in [-0.4, -0.2) is 21.8 Å². The number of allylic oxidation sites excluding steroid dienone is 1. The smallest absolute Gasteiger partial charge is 0.230 e. The van der Waals surface area contributed by atoms with E-state index < -0.39 is 17.5 Å². The van der Waals surface area contributed by atoms with E-state index in [1.165, 1.54) is 31.2 Å². The maximum absolute atomic E-state index is 14.1. The molecule has 0 unspecified atom stereocenters. The summed E-state index contributed by atoms with van der Waals surface area (Å²) < 4.78 is 27.2. The minimum atomic E-state index is -0.887. The lowest BCUT2D eigenvalue weighted by molar-refractivity contribution is -0.115. The summed E-state index contributed by atoms with van der Waals surface area (Å²) in [5.74, 6) is -2.49. The number of amides is 1. The number of carbonyl (C=O) groups is 2. The molecule has 1 amide bonds. The number of carbonyl (C=O) groups excluding carboxylic acids is 2. The van der Waals surface area contributed by atoms with Crippen LogP contribution in [0.15, 0.2) is 53.9 Å². The lowest BCUT2D eigenvalue weighted by Gasteiger charge is -2.18. The van der Waals surface area contributed by atoms with Gasteiger partial charge in [0.15, 0.2) is 10.9 Å². The van der Waals surface area contributed by atoms with Crippen molar-refractivity contribution in [2.24, 2.45) is 0 Å². The third-order valence-electron chi connectivity index (χ3n) is 3.70. The summed E-state index contributed by atoms with van der Waals surface area (Å²) in [6, 6.07) is 8.82. The van der Waals surface area contributed by atoms with Gasteiger partial charge in [-0.3, -0.25) is 14.5 Å². The van der Waals surface area contributed by atoms with Crippen LogP contribution in [0.2, 0.25) is 0 Å². The standard InChI is InChI=1S/C20H14F2N2O3S/c1-12(25)24(18-7-5-14(21)10-17(18)22)20-23-15(11-28-20)6-8-19(27)13-3-2-4-16(26)9-13/h2-11,26H,1H3. The SMILES string of the molecule is CC(=O)N(c1nc(C=CC(=O)c2cccc(O)c2)cs1)c1ccc(F)cc1F. The first-order chi connectivity index (χ1) is 13.3. The van der Waals surface area contributed by atoms with Gasteiger partial charge >= 0.3 is 0 Å². The Balaban J connectivity index is 1.85. The Bertz CT molecular complexity index is 1080. The zero-order valence-corrected chi connectivity index (χ0v) is 15.4. The van der Waals surface area contributed by atoms with Crippen molar-refractivity contribution in [3.8, 4) is 5.75 Å². The Morgan fingerprint density at radius 2 is 1.96 bits per heavy atom. The Morgan fingerprint density at radius 1 is 1.18 bits per heavy atom. The van der Waals surface area contributed by atoms with Crippen LogP contribution in [0.1, 0.15) is 23.0 Å². The lowest BCUT2D eigenvalue weighted by atomic mass is 10.1. The molecule has 2 aromatic carbocycles. The van der Waals surface area contributed by atoms with Gasteiger partial charge in [0.1, 0.15) is 17.4 Å². The van der Waals surface area contributed by atoms with Crippen molar-refractivity contribution < 1.29 is 23.5 Å². The fraction of sp³-hybridized carbons (Fsp3) is 0.0500. The highest BCUT2D eigenvalue weighted by atomic mass is 32.1. The second kappa shape index (κ2) is 8.10. The molecule has 0 fully saturated rings. The van der Waals surface area contributed by atoms with Gasteiger partial charge in [0, 0.05) is 23.9 Å². The number of aromatic hydroxyl groups is 1. The molecule has 0 radical (unpaired) electrons. The quantitative estimate of drug-likeness (QED) is 0.498. The largest absolute Gasteiger partial charge is 0.508 e. The van der Waals surface area contributed by atoms with Crippen molar-refractivity contribution in [1.82, 2.24) is 4.98 Å². The van der Waals surface area contributed by atoms with Crippen LogP contribution in [0.5, 0.6) is 5.75 Å². The summed E-state index contributed by atoms with van der Waals surface area (Å²) in [6.07, 6.45) is 2.73. The summed E-state index contributed by atoms with van der Waals surface area (Å²) in [6.45, 7) is 1.24. The molecule has 1 heterocycles. The zero-order valence-electron chi connectivity index (χ0n) is 14.6. The van der Waals surface area contributed by atoms with Gasteiger partial charge in [0.25, 0.3) is 0 Å². The number of benzene rings is 2. The van der Waals surface area contributed by atoms with Crippen LogP contribution in [0.3, 0.4) is 0 Å². The number of aromatic nitrogens is 1. The first kappa shape index (κ1) is 19.4. The van der Waals surface area contributed by atoms with Crippen LogP contribution < -0.4 is 4.90 Å². The predicted molar refractivity (Wildman–Crippen MR) is 103 cm³/mol. The molecule has 1 N–H and O–H groups in total. The summed E-state index contributed by atoms with van der Waals surface area (Å²) in [5.41, 5.74) is 0.585. The van der Waals surface area contributed by atoms with Gasteiger partial charge < -0.3 is 5.11 Å². The Kier molecular flexibility index (Phi) is 5.60. The van der Waals surface area contributed by atoms with Crippen LogP contribution in [0.25, 0.3) is 6.08 Å². The van der Waals surface area contributed by atoms with Crippen molar-refractivity contribution >= 4 is 39.9 Å². The molecular formula is C20H14F2N2O3S. The first-order valence-corrected chi connectivity index (χ1v) is 8.96. The maximum Gasteiger partial charge on any atom is 0.230 e. The monoisotopic (exact) mass is 400 g/mol. The molecule has 3 rings (SSSR count). The number of hydrogen-bond acceptors (Lipinski definition) is 5. The van der Waals surface area contributed by atoms with Gasteiger partial charge in [0.05, 0.1) is 11.4 Å². The van der Waals surface area contributed by atoms with Gasteiger partial charge in [0.2, 0.25) is 5.91 Å². The highest BCUT2D eigenvalue weighted by Gasteiger charge is 2.21. The number of phenols is 1. The highest BCUT2D eigenvalue weighted by Crippen LogP contribution is 2.31. The summed E-state index contributed by atoms with van der Waals surface area (Å²) >= 11 is 1.07. The Labute approximate surface area is 163 Å². The molecule has 5 nitrogen and oxygen atoms in total. The maximum atomic E-state index is 14.1. The van der Waals surface area contributed by atoms with E-state index in [0.717, 1.165) is 28.4 Å². The van der Waals surface area contributed by atoms with Gasteiger partial charge in [-0.2, -0.15) is 0 Å². The topological polar surface area (TPSA) is 70.5 Å². The van der Waals surface area contributed by atoms with Crippen molar-refractivity contribution in [3.63, 3.8) is 0 Å². The molecule has 0 spiro atoms. The predicted octanol–water partition coefficient (Wildman–Crippen LogP) is 4.71. The van der Waals surface area contributed by atoms with Crippen LogP contribution in [0.4, 0.5) is 19.6 Å². The Hall–Kier alpha value is -3.39. The average molecular weight is 400 g/mol. The number of thiazole rings is 1. The number of rotatable bonds is 5. The molecule has 0 aliphatic rings. The van der Waals surface area contributed by atoms with Crippen molar-refractivity contribution in [3.05, 3.63) is 76.8 Å². The average Bonchev–Trinajstić information content (AvgIpc) is 3.10. The highest BCUT2D eigenvalue weighted by molar-refractivity contribution is 7.14. The molecule has 1 aromatic heterocycles. The molecule has 0 aliphatic carbocycles. The van der Waals surface area contributed by atoms with Crippen molar-refractivity contribution in [2.45, 2.75) is 6.92 Å². The second-order valence-electron chi connectivity index (χ2n) is 5.75. The summed E-state index contributed by atoms with van der Waals surface area (Å²) in [4.78, 5) is 29.4. The molecule has 8 heteroatoms. The van der Waals surface area contributed by atoms with Crippen molar-refractivity contribution in [2.75, 3.05) is 4.90 Å². The van der Waals surface area contributed by atoms with E-state index in [1.54, 1.807) is 17.5 Å². The second-order valence-corrected chi connectivity index (χ2v) is 6.59. The zero-order chi connectivity index (χ0) is 20.3. The number of halogens is 2. The number of hydrogen-bond donors (Lipinski definition) is 1. The third-order valence-corrected chi connectivity index (χ3v) is 4.55. The molecule has 0 saturated heterocycles. The molecule has 28 heavy (non-hydrogen) atoms. The van der Waals surface area contributed by atoms with E-state index in [0.29, 0.717) is 17.3 Å². The van der Waals surface area contributed by atoms with E-state index in [9.17, 15) is 23.5 Å². The molecule has 142 valence electrons. The van der Waals surface area contributed by atoms with Crippen LogP contribution in [-0.2, 0) is 4.79 Å². The molecular weight excluding hydrogens is 386 g/mol. The molecule has 0 aliphatic heterocycles. The lowest BCUT2D eigenvalue weighted by Crippen LogP contribution is -2.23. The number of phenolic OH excluding ortho intramolecular Hbond substituents is 1. The van der Waals surface area contributed by atoms with Crippen LogP contribution in [0, 0.1) is 11.6 Å². The van der Waals surface area contributed by atoms with Gasteiger partial charge in [-0.1, -0.05) is 12.1 Å².